The van der Waals surface area contributed by atoms with Crippen molar-refractivity contribution in [3.63, 3.8) is 0 Å². The van der Waals surface area contributed by atoms with Gasteiger partial charge in [-0.05, 0) is 24.5 Å². The molecule has 22 heavy (non-hydrogen) atoms. The number of nitrogens with one attached hydrogen (secondary N) is 1. The lowest BCUT2D eigenvalue weighted by atomic mass is 10.1. The highest BCUT2D eigenvalue weighted by Gasteiger charge is 2.28. The molecule has 0 bridgehead atoms. The van der Waals surface area contributed by atoms with E-state index < -0.39 is 9.84 Å². The predicted octanol–water partition coefficient (Wildman–Crippen LogP) is 1.04. The first-order valence-electron chi connectivity index (χ1n) is 7.12. The largest absolute Gasteiger partial charge is 0.352 e. The summed E-state index contributed by atoms with van der Waals surface area (Å²) in [5.41, 5.74) is 1.34. The minimum atomic E-state index is -2.91. The molecule has 6 nitrogen and oxygen atoms in total. The van der Waals surface area contributed by atoms with E-state index in [0.29, 0.717) is 18.5 Å². The highest BCUT2D eigenvalue weighted by Crippen LogP contribution is 2.17. The molecule has 1 aliphatic heterocycles. The number of benzene rings is 1. The van der Waals surface area contributed by atoms with E-state index in [2.05, 4.69) is 10.4 Å². The molecule has 1 aromatic heterocycles. The van der Waals surface area contributed by atoms with Gasteiger partial charge in [0, 0.05) is 12.7 Å². The van der Waals surface area contributed by atoms with Crippen LogP contribution in [0.4, 0.5) is 0 Å². The van der Waals surface area contributed by atoms with Crippen molar-refractivity contribution in [1.29, 1.82) is 0 Å². The summed E-state index contributed by atoms with van der Waals surface area (Å²) in [7, 11) is -2.91. The van der Waals surface area contributed by atoms with Gasteiger partial charge in [0.25, 0.3) is 5.91 Å². The van der Waals surface area contributed by atoms with E-state index in [0.717, 1.165) is 5.69 Å². The minimum Gasteiger partial charge on any atom is -0.352 e. The van der Waals surface area contributed by atoms with E-state index >= 15 is 0 Å². The number of amides is 1. The number of nitrogens with zero attached hydrogens (tertiary/aromatic N) is 2. The molecule has 116 valence electrons. The smallest absolute Gasteiger partial charge is 0.254 e. The molecule has 1 atom stereocenters. The van der Waals surface area contributed by atoms with Crippen molar-refractivity contribution in [2.75, 3.05) is 18.1 Å². The Labute approximate surface area is 129 Å². The first kappa shape index (κ1) is 14.8. The molecule has 2 heterocycles. The lowest BCUT2D eigenvalue weighted by molar-refractivity contribution is 0.0948. The van der Waals surface area contributed by atoms with Gasteiger partial charge in [-0.15, -0.1) is 0 Å². The average molecular weight is 319 g/mol. The van der Waals surface area contributed by atoms with E-state index in [-0.39, 0.29) is 23.3 Å². The number of sulfone groups is 1. The van der Waals surface area contributed by atoms with Crippen molar-refractivity contribution in [2.24, 2.45) is 5.92 Å². The molecule has 1 N–H and O–H groups in total. The van der Waals surface area contributed by atoms with E-state index in [1.807, 2.05) is 30.3 Å². The molecule has 1 fully saturated rings. The fourth-order valence-electron chi connectivity index (χ4n) is 2.53. The molecule has 3 rings (SSSR count). The average Bonchev–Trinajstić information content (AvgIpc) is 3.12. The van der Waals surface area contributed by atoms with Crippen molar-refractivity contribution in [3.8, 4) is 5.69 Å². The van der Waals surface area contributed by atoms with Gasteiger partial charge in [0.1, 0.15) is 0 Å². The second-order valence-electron chi connectivity index (χ2n) is 5.49. The summed E-state index contributed by atoms with van der Waals surface area (Å²) in [6.07, 6.45) is 3.79. The third kappa shape index (κ3) is 3.36. The number of hydrogen-bond donors (Lipinski definition) is 1. The van der Waals surface area contributed by atoms with E-state index in [9.17, 15) is 13.2 Å². The van der Waals surface area contributed by atoms with Gasteiger partial charge in [-0.25, -0.2) is 13.1 Å². The number of aromatic nitrogens is 2. The zero-order valence-electron chi connectivity index (χ0n) is 12.0. The molecule has 1 aliphatic rings. The summed E-state index contributed by atoms with van der Waals surface area (Å²) in [6.45, 7) is 0.384. The van der Waals surface area contributed by atoms with Crippen molar-refractivity contribution in [1.82, 2.24) is 15.1 Å². The lowest BCUT2D eigenvalue weighted by Gasteiger charge is -2.08. The fraction of sp³-hybridized carbons (Fsp3) is 0.333. The molecule has 0 radical (unpaired) electrons. The SMILES string of the molecule is O=C(NC[C@@H]1CCS(=O)(=O)C1)c1cnn(-c2ccccc2)c1. The maximum absolute atomic E-state index is 12.1. The van der Waals surface area contributed by atoms with Gasteiger partial charge in [-0.3, -0.25) is 4.79 Å². The summed E-state index contributed by atoms with van der Waals surface area (Å²) in [6, 6.07) is 9.51. The van der Waals surface area contributed by atoms with Gasteiger partial charge >= 0.3 is 0 Å². The molecule has 0 spiro atoms. The van der Waals surface area contributed by atoms with Gasteiger partial charge < -0.3 is 5.32 Å². The van der Waals surface area contributed by atoms with Crippen LogP contribution < -0.4 is 5.32 Å². The molecule has 1 aromatic carbocycles. The Kier molecular flexibility index (Phi) is 3.98. The normalized spacial score (nSPS) is 19.9. The van der Waals surface area contributed by atoms with Crippen molar-refractivity contribution < 1.29 is 13.2 Å². The number of hydrogen-bond acceptors (Lipinski definition) is 4. The molecule has 0 aliphatic carbocycles. The zero-order valence-corrected chi connectivity index (χ0v) is 12.8. The summed E-state index contributed by atoms with van der Waals surface area (Å²) in [5, 5.41) is 6.96. The van der Waals surface area contributed by atoms with Crippen LogP contribution in [0.3, 0.4) is 0 Å². The lowest BCUT2D eigenvalue weighted by Crippen LogP contribution is -2.29. The van der Waals surface area contributed by atoms with Crippen LogP contribution in [0.25, 0.3) is 5.69 Å². The van der Waals surface area contributed by atoms with Gasteiger partial charge in [0.15, 0.2) is 9.84 Å². The maximum atomic E-state index is 12.1. The van der Waals surface area contributed by atoms with E-state index in [4.69, 9.17) is 0 Å². The molecule has 1 amide bonds. The van der Waals surface area contributed by atoms with Gasteiger partial charge in [-0.1, -0.05) is 18.2 Å². The highest BCUT2D eigenvalue weighted by molar-refractivity contribution is 7.91. The molecule has 0 saturated carbocycles. The summed E-state index contributed by atoms with van der Waals surface area (Å²) in [5.74, 6) is 0.167. The summed E-state index contributed by atoms with van der Waals surface area (Å²) < 4.78 is 24.4. The minimum absolute atomic E-state index is 0.0121. The maximum Gasteiger partial charge on any atom is 0.254 e. The fourth-order valence-corrected chi connectivity index (χ4v) is 4.40. The Hall–Kier alpha value is -2.15. The topological polar surface area (TPSA) is 81.1 Å². The Morgan fingerprint density at radius 3 is 2.77 bits per heavy atom. The van der Waals surface area contributed by atoms with Crippen molar-refractivity contribution in [2.45, 2.75) is 6.42 Å². The van der Waals surface area contributed by atoms with Crippen LogP contribution in [0.5, 0.6) is 0 Å². The monoisotopic (exact) mass is 319 g/mol. The quantitative estimate of drug-likeness (QED) is 0.913. The Morgan fingerprint density at radius 2 is 2.09 bits per heavy atom. The first-order valence-corrected chi connectivity index (χ1v) is 8.94. The second-order valence-corrected chi connectivity index (χ2v) is 7.72. The Bertz CT molecular complexity index is 768. The van der Waals surface area contributed by atoms with E-state index in [1.54, 1.807) is 10.9 Å². The van der Waals surface area contributed by atoms with Crippen LogP contribution in [0.15, 0.2) is 42.7 Å². The number of carbonyl (C=O) groups excluding carboxylic acids is 1. The molecular weight excluding hydrogens is 302 g/mol. The predicted molar refractivity (Wildman–Crippen MR) is 82.7 cm³/mol. The van der Waals surface area contributed by atoms with Crippen LogP contribution in [-0.2, 0) is 9.84 Å². The Balaban J connectivity index is 1.60. The van der Waals surface area contributed by atoms with Gasteiger partial charge in [0.05, 0.1) is 29.0 Å². The summed E-state index contributed by atoms with van der Waals surface area (Å²) >= 11 is 0. The highest BCUT2D eigenvalue weighted by atomic mass is 32.2. The standard InChI is InChI=1S/C15H17N3O3S/c19-15(16-8-12-6-7-22(20,21)11-12)13-9-17-18(10-13)14-4-2-1-3-5-14/h1-5,9-10,12H,6-8,11H2,(H,16,19)/t12-/m0/s1. The van der Waals surface area contributed by atoms with Crippen LogP contribution in [0, 0.1) is 5.92 Å². The molecule has 0 unspecified atom stereocenters. The van der Waals surface area contributed by atoms with Crippen molar-refractivity contribution in [3.05, 3.63) is 48.3 Å². The van der Waals surface area contributed by atoms with E-state index in [1.165, 1.54) is 6.20 Å². The number of carbonyl (C=O) groups is 1. The molecule has 2 aromatic rings. The molecule has 7 heteroatoms. The summed E-state index contributed by atoms with van der Waals surface area (Å²) in [4.78, 5) is 12.1. The number of para-hydroxylation sites is 1. The second kappa shape index (κ2) is 5.92. The molecular formula is C15H17N3O3S. The molecule has 1 saturated heterocycles. The third-order valence-corrected chi connectivity index (χ3v) is 5.58. The zero-order chi connectivity index (χ0) is 15.6. The number of rotatable bonds is 4. The third-order valence-electron chi connectivity index (χ3n) is 3.74. The van der Waals surface area contributed by atoms with Crippen LogP contribution in [0.1, 0.15) is 16.8 Å². The van der Waals surface area contributed by atoms with Crippen LogP contribution in [0.2, 0.25) is 0 Å². The van der Waals surface area contributed by atoms with Crippen LogP contribution >= 0.6 is 0 Å². The van der Waals surface area contributed by atoms with Crippen molar-refractivity contribution >= 4 is 15.7 Å². The Morgan fingerprint density at radius 1 is 1.32 bits per heavy atom. The van der Waals surface area contributed by atoms with Gasteiger partial charge in [0.2, 0.25) is 0 Å². The first-order chi connectivity index (χ1) is 10.5. The van der Waals surface area contributed by atoms with Gasteiger partial charge in [-0.2, -0.15) is 5.10 Å². The van der Waals surface area contributed by atoms with Crippen LogP contribution in [-0.4, -0.2) is 42.2 Å².